The third-order valence-corrected chi connectivity index (χ3v) is 2.57. The minimum absolute atomic E-state index is 0. The molecule has 0 radical (unpaired) electrons. The highest BCUT2D eigenvalue weighted by molar-refractivity contribution is 5.85. The summed E-state index contributed by atoms with van der Waals surface area (Å²) in [7, 11) is 0. The Kier molecular flexibility index (Phi) is 3.94. The van der Waals surface area contributed by atoms with Gasteiger partial charge in [0.25, 0.3) is 0 Å². The maximum Gasteiger partial charge on any atom is 0.332 e. The van der Waals surface area contributed by atoms with Gasteiger partial charge in [-0.3, -0.25) is 0 Å². The van der Waals surface area contributed by atoms with Crippen LogP contribution in [0.2, 0.25) is 0 Å². The monoisotopic (exact) mass is 267 g/mol. The molecule has 0 amide bonds. The smallest absolute Gasteiger partial charge is 0.332 e. The highest BCUT2D eigenvalue weighted by Crippen LogP contribution is 2.43. The van der Waals surface area contributed by atoms with E-state index in [1.165, 1.54) is 12.1 Å². The van der Waals surface area contributed by atoms with E-state index in [2.05, 4.69) is 0 Å². The van der Waals surface area contributed by atoms with Crippen LogP contribution in [0.4, 0.5) is 13.2 Å². The number of nitrogens with one attached hydrogen (secondary N) is 1. The molecule has 6 heteroatoms. The average molecular weight is 268 g/mol. The van der Waals surface area contributed by atoms with Crippen molar-refractivity contribution in [3.63, 3.8) is 0 Å². The Balaban J connectivity index is 0.00000144. The van der Waals surface area contributed by atoms with Crippen LogP contribution in [0, 0.1) is 6.92 Å². The summed E-state index contributed by atoms with van der Waals surface area (Å²) in [6.45, 7) is 3.86. The molecule has 1 N–H and O–H groups in total. The Morgan fingerprint density at radius 1 is 1.41 bits per heavy atom. The maximum atomic E-state index is 13.3. The third-order valence-electron chi connectivity index (χ3n) is 2.57. The molecule has 1 unspecified atom stereocenters. The molecule has 0 spiro atoms. The van der Waals surface area contributed by atoms with Crippen molar-refractivity contribution in [1.29, 1.82) is 0 Å². The topological polar surface area (TPSA) is 21.3 Å². The number of rotatable bonds is 2. The van der Waals surface area contributed by atoms with E-state index in [1.807, 2.05) is 0 Å². The number of alkyl halides is 3. The summed E-state index contributed by atoms with van der Waals surface area (Å²) in [5.41, 5.74) is 0.233. The molecule has 0 aliphatic carbocycles. The van der Waals surface area contributed by atoms with Gasteiger partial charge in [0.2, 0.25) is 0 Å². The van der Waals surface area contributed by atoms with Crippen LogP contribution < -0.4 is 10.1 Å². The van der Waals surface area contributed by atoms with Crippen molar-refractivity contribution < 1.29 is 17.9 Å². The van der Waals surface area contributed by atoms with Crippen molar-refractivity contribution in [2.75, 3.05) is 6.61 Å². The first-order valence-corrected chi connectivity index (χ1v) is 5.03. The predicted molar refractivity (Wildman–Crippen MR) is 60.5 cm³/mol. The van der Waals surface area contributed by atoms with Crippen molar-refractivity contribution in [1.82, 2.24) is 5.32 Å². The van der Waals surface area contributed by atoms with E-state index in [9.17, 15) is 13.2 Å². The van der Waals surface area contributed by atoms with E-state index in [1.54, 1.807) is 19.2 Å². The molecular formula is C11H13ClF3NO. The van der Waals surface area contributed by atoms with Crippen molar-refractivity contribution in [3.05, 3.63) is 28.8 Å². The Bertz CT molecular complexity index is 425. The molecule has 2 rings (SSSR count). The number of aryl methyl sites for hydroxylation is 1. The van der Waals surface area contributed by atoms with E-state index in [0.29, 0.717) is 17.9 Å². The lowest BCUT2D eigenvalue weighted by molar-refractivity contribution is -0.0505. The van der Waals surface area contributed by atoms with E-state index < -0.39 is 12.3 Å². The molecule has 1 atom stereocenters. The van der Waals surface area contributed by atoms with Crippen molar-refractivity contribution >= 4 is 12.4 Å². The number of ether oxygens (including phenoxy) is 1. The Hall–Kier alpha value is -0.940. The molecule has 0 fully saturated rings. The summed E-state index contributed by atoms with van der Waals surface area (Å²) in [6, 6.07) is -0.691. The van der Waals surface area contributed by atoms with E-state index in [0.717, 1.165) is 0 Å². The number of hydrogen-bond donors (Lipinski definition) is 1. The quantitative estimate of drug-likeness (QED) is 0.829. The largest absolute Gasteiger partial charge is 0.494 e. The second-order valence-electron chi connectivity index (χ2n) is 3.72. The fraction of sp³-hybridized carbons (Fsp3) is 0.455. The zero-order valence-corrected chi connectivity index (χ0v) is 10.2. The zero-order valence-electron chi connectivity index (χ0n) is 9.39. The van der Waals surface area contributed by atoms with Gasteiger partial charge in [-0.15, -0.1) is 12.4 Å². The van der Waals surface area contributed by atoms with Crippen LogP contribution in [-0.2, 0) is 6.05 Å². The van der Waals surface area contributed by atoms with Gasteiger partial charge in [-0.05, 0) is 31.5 Å². The molecule has 2 nitrogen and oxygen atoms in total. The number of hydrogen-bond acceptors (Lipinski definition) is 2. The first-order chi connectivity index (χ1) is 7.45. The molecule has 0 aromatic heterocycles. The number of halogens is 4. The van der Waals surface area contributed by atoms with Gasteiger partial charge < -0.3 is 4.74 Å². The van der Waals surface area contributed by atoms with Crippen LogP contribution in [0.1, 0.15) is 29.9 Å². The van der Waals surface area contributed by atoms with Crippen LogP contribution in [0.15, 0.2) is 12.1 Å². The second kappa shape index (κ2) is 4.74. The minimum atomic E-state index is -3.30. The molecule has 96 valence electrons. The van der Waals surface area contributed by atoms with Gasteiger partial charge in [-0.2, -0.15) is 8.78 Å². The maximum absolute atomic E-state index is 13.3. The van der Waals surface area contributed by atoms with Gasteiger partial charge in [0.15, 0.2) is 6.30 Å². The predicted octanol–water partition coefficient (Wildman–Crippen LogP) is 3.44. The number of fused-ring (bicyclic) bond motifs is 1. The fourth-order valence-corrected chi connectivity index (χ4v) is 1.81. The van der Waals surface area contributed by atoms with Crippen molar-refractivity contribution in [3.8, 4) is 5.75 Å². The Morgan fingerprint density at radius 3 is 2.65 bits per heavy atom. The van der Waals surface area contributed by atoms with Crippen LogP contribution in [0.5, 0.6) is 5.75 Å². The van der Waals surface area contributed by atoms with E-state index in [4.69, 9.17) is 4.74 Å². The summed E-state index contributed by atoms with van der Waals surface area (Å²) >= 11 is 0. The summed E-state index contributed by atoms with van der Waals surface area (Å²) in [4.78, 5) is 0. The summed E-state index contributed by atoms with van der Waals surface area (Å²) in [5.74, 6) is 0.448. The molecule has 0 saturated carbocycles. The average Bonchev–Trinajstić information content (AvgIpc) is 2.39. The lowest BCUT2D eigenvalue weighted by Crippen LogP contribution is -2.27. The number of benzene rings is 1. The van der Waals surface area contributed by atoms with Crippen molar-refractivity contribution in [2.45, 2.75) is 26.2 Å². The molecule has 0 saturated heterocycles. The third kappa shape index (κ3) is 2.35. The van der Waals surface area contributed by atoms with E-state index >= 15 is 0 Å². The molecule has 0 bridgehead atoms. The fourth-order valence-electron chi connectivity index (χ4n) is 1.81. The Morgan fingerprint density at radius 2 is 2.06 bits per heavy atom. The van der Waals surface area contributed by atoms with Gasteiger partial charge in [0.1, 0.15) is 5.75 Å². The van der Waals surface area contributed by atoms with Crippen molar-refractivity contribution in [2.24, 2.45) is 0 Å². The highest BCUT2D eigenvalue weighted by Gasteiger charge is 2.45. The molecule has 1 aliphatic rings. The standard InChI is InChI=1S/C11H12F3NO.ClH/c1-3-16-9-5-7-8(4-6(9)2)11(13,14)15-10(7)12;/h4-5,10,15H,3H2,1-2H3;1H. The Labute approximate surface area is 104 Å². The van der Waals surface area contributed by atoms with Crippen LogP contribution in [0.3, 0.4) is 0 Å². The highest BCUT2D eigenvalue weighted by atomic mass is 35.5. The summed E-state index contributed by atoms with van der Waals surface area (Å²) in [5, 5.41) is 1.60. The van der Waals surface area contributed by atoms with Gasteiger partial charge in [0.05, 0.1) is 6.61 Å². The van der Waals surface area contributed by atoms with E-state index in [-0.39, 0.29) is 23.5 Å². The normalized spacial score (nSPS) is 20.6. The van der Waals surface area contributed by atoms with Gasteiger partial charge >= 0.3 is 6.05 Å². The minimum Gasteiger partial charge on any atom is -0.494 e. The molecule has 1 aliphatic heterocycles. The second-order valence-corrected chi connectivity index (χ2v) is 3.72. The summed E-state index contributed by atoms with van der Waals surface area (Å²) < 4.78 is 45.1. The summed E-state index contributed by atoms with van der Waals surface area (Å²) in [6.07, 6.45) is -1.84. The van der Waals surface area contributed by atoms with Crippen LogP contribution >= 0.6 is 12.4 Å². The van der Waals surface area contributed by atoms with Gasteiger partial charge in [-0.1, -0.05) is 0 Å². The lowest BCUT2D eigenvalue weighted by Gasteiger charge is -2.12. The van der Waals surface area contributed by atoms with Crippen LogP contribution in [-0.4, -0.2) is 6.61 Å². The molecule has 1 aromatic rings. The van der Waals surface area contributed by atoms with Crippen LogP contribution in [0.25, 0.3) is 0 Å². The SMILES string of the molecule is CCOc1cc2c(cc1C)C(F)(F)NC2F.Cl. The molecular weight excluding hydrogens is 255 g/mol. The zero-order chi connectivity index (χ0) is 11.9. The molecule has 1 heterocycles. The molecule has 17 heavy (non-hydrogen) atoms. The molecule has 1 aromatic carbocycles. The first-order valence-electron chi connectivity index (χ1n) is 5.03. The van der Waals surface area contributed by atoms with Gasteiger partial charge in [-0.25, -0.2) is 9.71 Å². The lowest BCUT2D eigenvalue weighted by atomic mass is 10.0. The first kappa shape index (κ1) is 14.1. The van der Waals surface area contributed by atoms with Gasteiger partial charge in [0, 0.05) is 11.1 Å².